The second-order valence-electron chi connectivity index (χ2n) is 7.05. The molecule has 136 valence electrons. The predicted octanol–water partition coefficient (Wildman–Crippen LogP) is 2.63. The Labute approximate surface area is 149 Å². The van der Waals surface area contributed by atoms with Crippen molar-refractivity contribution in [2.75, 3.05) is 26.7 Å². The highest BCUT2D eigenvalue weighted by Crippen LogP contribution is 2.35. The van der Waals surface area contributed by atoms with Gasteiger partial charge in [0.25, 0.3) is 0 Å². The van der Waals surface area contributed by atoms with Crippen LogP contribution in [0.1, 0.15) is 55.6 Å². The van der Waals surface area contributed by atoms with E-state index in [1.54, 1.807) is 7.11 Å². The molecule has 5 nitrogen and oxygen atoms in total. The zero-order valence-electron chi connectivity index (χ0n) is 15.1. The number of hydrogen-bond acceptors (Lipinski definition) is 3. The Balaban J connectivity index is 1.45. The third-order valence-corrected chi connectivity index (χ3v) is 5.32. The van der Waals surface area contributed by atoms with Gasteiger partial charge in [-0.3, -0.25) is 9.59 Å². The van der Waals surface area contributed by atoms with Crippen LogP contribution in [0.3, 0.4) is 0 Å². The minimum absolute atomic E-state index is 0.112. The Morgan fingerprint density at radius 2 is 2.20 bits per heavy atom. The fourth-order valence-electron chi connectivity index (χ4n) is 3.96. The molecule has 1 heterocycles. The molecule has 1 saturated heterocycles. The van der Waals surface area contributed by atoms with Gasteiger partial charge >= 0.3 is 0 Å². The molecule has 1 atom stereocenters. The monoisotopic (exact) mass is 344 g/mol. The van der Waals surface area contributed by atoms with Crippen LogP contribution in [-0.2, 0) is 16.0 Å². The van der Waals surface area contributed by atoms with E-state index in [9.17, 15) is 9.59 Å². The van der Waals surface area contributed by atoms with Crippen LogP contribution in [0, 0.1) is 0 Å². The van der Waals surface area contributed by atoms with Crippen LogP contribution >= 0.6 is 0 Å². The van der Waals surface area contributed by atoms with Gasteiger partial charge in [-0.15, -0.1) is 0 Å². The standard InChI is InChI=1S/C20H28N2O3/c1-25-17-8-9-18-15(13-17)5-2-6-16(18)14-19(23)21-10-4-12-22-11-3-7-20(22)24/h8-9,13,16H,2-7,10-12,14H2,1H3,(H,21,23). The number of amides is 2. The van der Waals surface area contributed by atoms with Gasteiger partial charge < -0.3 is 15.0 Å². The van der Waals surface area contributed by atoms with Gasteiger partial charge in [0.15, 0.2) is 0 Å². The first-order valence-electron chi connectivity index (χ1n) is 9.38. The maximum atomic E-state index is 12.3. The average Bonchev–Trinajstić information content (AvgIpc) is 3.03. The second kappa shape index (κ2) is 8.37. The highest BCUT2D eigenvalue weighted by Gasteiger charge is 2.23. The van der Waals surface area contributed by atoms with Crippen LogP contribution in [0.15, 0.2) is 18.2 Å². The lowest BCUT2D eigenvalue weighted by molar-refractivity contribution is -0.127. The fourth-order valence-corrected chi connectivity index (χ4v) is 3.96. The normalized spacial score (nSPS) is 19.6. The molecule has 1 aromatic rings. The molecule has 0 aromatic heterocycles. The molecule has 0 bridgehead atoms. The van der Waals surface area contributed by atoms with Crippen LogP contribution in [0.25, 0.3) is 0 Å². The molecule has 1 unspecified atom stereocenters. The number of ether oxygens (including phenoxy) is 1. The Morgan fingerprint density at radius 3 is 2.96 bits per heavy atom. The van der Waals surface area contributed by atoms with Crippen LogP contribution in [-0.4, -0.2) is 43.5 Å². The fraction of sp³-hybridized carbons (Fsp3) is 0.600. The maximum Gasteiger partial charge on any atom is 0.222 e. The summed E-state index contributed by atoms with van der Waals surface area (Å²) in [5, 5.41) is 3.02. The zero-order chi connectivity index (χ0) is 17.6. The Kier molecular flexibility index (Phi) is 5.95. The van der Waals surface area contributed by atoms with Gasteiger partial charge in [0.2, 0.25) is 11.8 Å². The maximum absolute atomic E-state index is 12.3. The second-order valence-corrected chi connectivity index (χ2v) is 7.05. The van der Waals surface area contributed by atoms with Gasteiger partial charge in [-0.2, -0.15) is 0 Å². The van der Waals surface area contributed by atoms with Crippen molar-refractivity contribution in [2.24, 2.45) is 0 Å². The predicted molar refractivity (Wildman–Crippen MR) is 96.7 cm³/mol. The van der Waals surface area contributed by atoms with Gasteiger partial charge in [-0.25, -0.2) is 0 Å². The van der Waals surface area contributed by atoms with E-state index < -0.39 is 0 Å². The number of methoxy groups -OCH3 is 1. The number of nitrogens with one attached hydrogen (secondary N) is 1. The number of hydrogen-bond donors (Lipinski definition) is 1. The van der Waals surface area contributed by atoms with Gasteiger partial charge in [0.1, 0.15) is 5.75 Å². The largest absolute Gasteiger partial charge is 0.497 e. The van der Waals surface area contributed by atoms with Crippen molar-refractivity contribution in [3.63, 3.8) is 0 Å². The van der Waals surface area contributed by atoms with Crippen molar-refractivity contribution in [1.29, 1.82) is 0 Å². The number of benzene rings is 1. The summed E-state index contributed by atoms with van der Waals surface area (Å²) in [6.45, 7) is 2.27. The van der Waals surface area contributed by atoms with E-state index >= 15 is 0 Å². The molecular formula is C20H28N2O3. The van der Waals surface area contributed by atoms with Crippen molar-refractivity contribution in [1.82, 2.24) is 10.2 Å². The topological polar surface area (TPSA) is 58.6 Å². The first kappa shape index (κ1) is 17.8. The highest BCUT2D eigenvalue weighted by molar-refractivity contribution is 5.78. The molecule has 1 aliphatic heterocycles. The Bertz CT molecular complexity index is 629. The molecule has 1 fully saturated rings. The summed E-state index contributed by atoms with van der Waals surface area (Å²) in [6.07, 6.45) is 6.27. The summed E-state index contributed by atoms with van der Waals surface area (Å²) in [5.41, 5.74) is 2.61. The number of aryl methyl sites for hydroxylation is 1. The zero-order valence-corrected chi connectivity index (χ0v) is 15.1. The van der Waals surface area contributed by atoms with Gasteiger partial charge in [-0.1, -0.05) is 6.07 Å². The quantitative estimate of drug-likeness (QED) is 0.774. The molecule has 1 N–H and O–H groups in total. The summed E-state index contributed by atoms with van der Waals surface area (Å²) in [5.74, 6) is 1.55. The molecule has 0 radical (unpaired) electrons. The minimum Gasteiger partial charge on any atom is -0.497 e. The molecule has 0 spiro atoms. The van der Waals surface area contributed by atoms with Gasteiger partial charge in [-0.05, 0) is 61.3 Å². The van der Waals surface area contributed by atoms with Crippen molar-refractivity contribution in [3.05, 3.63) is 29.3 Å². The van der Waals surface area contributed by atoms with Crippen LogP contribution in [0.4, 0.5) is 0 Å². The molecule has 25 heavy (non-hydrogen) atoms. The summed E-state index contributed by atoms with van der Waals surface area (Å²) < 4.78 is 5.30. The molecule has 0 saturated carbocycles. The molecule has 2 amide bonds. The third kappa shape index (κ3) is 4.53. The lowest BCUT2D eigenvalue weighted by Crippen LogP contribution is -2.31. The summed E-state index contributed by atoms with van der Waals surface area (Å²) in [7, 11) is 1.69. The van der Waals surface area contributed by atoms with Crippen molar-refractivity contribution >= 4 is 11.8 Å². The molecule has 2 aliphatic rings. The Hall–Kier alpha value is -2.04. The van der Waals surface area contributed by atoms with Gasteiger partial charge in [0, 0.05) is 32.5 Å². The van der Waals surface area contributed by atoms with Crippen LogP contribution in [0.5, 0.6) is 5.75 Å². The van der Waals surface area contributed by atoms with Crippen molar-refractivity contribution in [3.8, 4) is 5.75 Å². The average molecular weight is 344 g/mol. The summed E-state index contributed by atoms with van der Waals surface area (Å²) >= 11 is 0. The van der Waals surface area contributed by atoms with E-state index in [1.165, 1.54) is 11.1 Å². The lowest BCUT2D eigenvalue weighted by atomic mass is 9.81. The number of rotatable bonds is 7. The van der Waals surface area contributed by atoms with Crippen molar-refractivity contribution in [2.45, 2.75) is 50.9 Å². The van der Waals surface area contributed by atoms with Gasteiger partial charge in [0.05, 0.1) is 7.11 Å². The van der Waals surface area contributed by atoms with Crippen molar-refractivity contribution < 1.29 is 14.3 Å². The summed E-state index contributed by atoms with van der Waals surface area (Å²) in [6, 6.07) is 6.21. The number of carbonyl (C=O) groups is 2. The van der Waals surface area contributed by atoms with Crippen LogP contribution < -0.4 is 10.1 Å². The lowest BCUT2D eigenvalue weighted by Gasteiger charge is -2.25. The molecule has 1 aromatic carbocycles. The first-order chi connectivity index (χ1) is 12.2. The SMILES string of the molecule is COc1ccc2c(c1)CCCC2CC(=O)NCCCN1CCCC1=O. The first-order valence-corrected chi connectivity index (χ1v) is 9.38. The highest BCUT2D eigenvalue weighted by atomic mass is 16.5. The van der Waals surface area contributed by atoms with E-state index in [1.807, 2.05) is 11.0 Å². The van der Waals surface area contributed by atoms with Crippen LogP contribution in [0.2, 0.25) is 0 Å². The van der Waals surface area contributed by atoms with E-state index in [0.717, 1.165) is 50.9 Å². The van der Waals surface area contributed by atoms with E-state index in [4.69, 9.17) is 4.74 Å². The van der Waals surface area contributed by atoms with E-state index in [-0.39, 0.29) is 11.8 Å². The Morgan fingerprint density at radius 1 is 1.32 bits per heavy atom. The molecule has 1 aliphatic carbocycles. The van der Waals surface area contributed by atoms with E-state index in [0.29, 0.717) is 25.3 Å². The molecule has 3 rings (SSSR count). The molecule has 5 heteroatoms. The number of carbonyl (C=O) groups excluding carboxylic acids is 2. The number of fused-ring (bicyclic) bond motifs is 1. The minimum atomic E-state index is 0.112. The van der Waals surface area contributed by atoms with E-state index in [2.05, 4.69) is 17.4 Å². The number of likely N-dealkylation sites (tertiary alicyclic amines) is 1. The number of nitrogens with zero attached hydrogens (tertiary/aromatic N) is 1. The summed E-state index contributed by atoms with van der Waals surface area (Å²) in [4.78, 5) is 25.7. The third-order valence-electron chi connectivity index (χ3n) is 5.32. The molecular weight excluding hydrogens is 316 g/mol. The smallest absolute Gasteiger partial charge is 0.222 e.